The smallest absolute Gasteiger partial charge is 0.389 e. The monoisotopic (exact) mass is 502 g/mol. The van der Waals surface area contributed by atoms with E-state index in [4.69, 9.17) is 15.7 Å². The highest BCUT2D eigenvalue weighted by Gasteiger charge is 2.33. The van der Waals surface area contributed by atoms with E-state index in [1.165, 1.54) is 0 Å². The number of amides is 1. The van der Waals surface area contributed by atoms with Gasteiger partial charge in [0.2, 0.25) is 0 Å². The second-order valence-electron chi connectivity index (χ2n) is 9.91. The Labute approximate surface area is 209 Å². The van der Waals surface area contributed by atoms with Crippen molar-refractivity contribution in [2.45, 2.75) is 71.5 Å². The van der Waals surface area contributed by atoms with E-state index < -0.39 is 18.5 Å². The van der Waals surface area contributed by atoms with Crippen molar-refractivity contribution in [2.24, 2.45) is 10.5 Å². The molecule has 1 aliphatic carbocycles. The number of hydrogen-bond donors (Lipinski definition) is 3. The van der Waals surface area contributed by atoms with Crippen LogP contribution >= 0.6 is 0 Å². The van der Waals surface area contributed by atoms with Crippen molar-refractivity contribution in [2.75, 3.05) is 6.61 Å². The van der Waals surface area contributed by atoms with Gasteiger partial charge in [-0.1, -0.05) is 42.8 Å². The van der Waals surface area contributed by atoms with Crippen molar-refractivity contribution >= 4 is 17.3 Å². The number of benzene rings is 1. The fourth-order valence-electron chi connectivity index (χ4n) is 4.56. The number of allylic oxidation sites excluding steroid dienone is 3. The summed E-state index contributed by atoms with van der Waals surface area (Å²) < 4.78 is 43.0. The minimum Gasteiger partial charge on any atom is -0.494 e. The number of alkyl halides is 3. The summed E-state index contributed by atoms with van der Waals surface area (Å²) in [5.74, 6) is -0.153. The van der Waals surface area contributed by atoms with Crippen LogP contribution in [0.15, 0.2) is 58.4 Å². The molecular weight excluding hydrogens is 469 g/mol. The van der Waals surface area contributed by atoms with Crippen LogP contribution in [-0.2, 0) is 9.53 Å². The fourth-order valence-corrected chi connectivity index (χ4v) is 4.56. The molecular formula is C27H33F3N4O2. The van der Waals surface area contributed by atoms with Crippen molar-refractivity contribution in [1.82, 2.24) is 5.32 Å². The molecule has 194 valence electrons. The van der Waals surface area contributed by atoms with Gasteiger partial charge in [-0.05, 0) is 74.2 Å². The molecule has 0 bridgehead atoms. The molecule has 1 heterocycles. The van der Waals surface area contributed by atoms with Crippen LogP contribution in [0.2, 0.25) is 0 Å². The predicted molar refractivity (Wildman–Crippen MR) is 133 cm³/mol. The first kappa shape index (κ1) is 27.4. The van der Waals surface area contributed by atoms with E-state index in [-0.39, 0.29) is 35.9 Å². The first-order valence-corrected chi connectivity index (χ1v) is 12.1. The van der Waals surface area contributed by atoms with Crippen LogP contribution in [0.1, 0.15) is 63.5 Å². The van der Waals surface area contributed by atoms with Crippen LogP contribution in [0.25, 0.3) is 5.57 Å². The van der Waals surface area contributed by atoms with Gasteiger partial charge in [-0.15, -0.1) is 5.11 Å². The van der Waals surface area contributed by atoms with Crippen molar-refractivity contribution in [1.29, 1.82) is 10.9 Å². The quantitative estimate of drug-likeness (QED) is 0.146. The second-order valence-corrected chi connectivity index (χ2v) is 9.91. The van der Waals surface area contributed by atoms with Crippen LogP contribution in [0, 0.1) is 23.3 Å². The number of aryl methyl sites for hydroxylation is 1. The van der Waals surface area contributed by atoms with Gasteiger partial charge >= 0.3 is 6.18 Å². The Balaban J connectivity index is 1.70. The van der Waals surface area contributed by atoms with E-state index in [0.717, 1.165) is 29.5 Å². The fraction of sp³-hybridized carbons (Fsp3) is 0.481. The van der Waals surface area contributed by atoms with E-state index in [2.05, 4.69) is 17.4 Å². The summed E-state index contributed by atoms with van der Waals surface area (Å²) in [4.78, 5) is 12.9. The second kappa shape index (κ2) is 11.2. The highest BCUT2D eigenvalue weighted by Crippen LogP contribution is 2.39. The van der Waals surface area contributed by atoms with E-state index in [1.807, 2.05) is 50.3 Å². The van der Waals surface area contributed by atoms with Gasteiger partial charge < -0.3 is 10.1 Å². The highest BCUT2D eigenvalue weighted by molar-refractivity contribution is 6.25. The molecule has 6 nitrogen and oxygen atoms in total. The largest absolute Gasteiger partial charge is 0.494 e. The predicted octanol–water partition coefficient (Wildman–Crippen LogP) is 7.02. The maximum Gasteiger partial charge on any atom is 0.389 e. The number of carbonyl (C=O) groups is 1. The summed E-state index contributed by atoms with van der Waals surface area (Å²) in [5.41, 5.74) is 10.6. The molecule has 0 radical (unpaired) electrons. The summed E-state index contributed by atoms with van der Waals surface area (Å²) in [7, 11) is 0. The first-order valence-electron chi connectivity index (χ1n) is 12.1. The van der Waals surface area contributed by atoms with Gasteiger partial charge in [0.1, 0.15) is 5.76 Å². The summed E-state index contributed by atoms with van der Waals surface area (Å²) in [6.45, 7) is 5.95. The van der Waals surface area contributed by atoms with E-state index in [1.54, 1.807) is 0 Å². The number of rotatable bonds is 9. The maximum absolute atomic E-state index is 12.9. The van der Waals surface area contributed by atoms with Crippen LogP contribution in [0.5, 0.6) is 0 Å². The average molecular weight is 503 g/mol. The molecule has 1 aromatic carbocycles. The average Bonchev–Trinajstić information content (AvgIpc) is 2.82. The molecule has 2 aliphatic rings. The third-order valence-corrected chi connectivity index (χ3v) is 6.73. The van der Waals surface area contributed by atoms with Gasteiger partial charge in [0.15, 0.2) is 5.84 Å². The van der Waals surface area contributed by atoms with E-state index in [0.29, 0.717) is 24.2 Å². The molecule has 1 amide bonds. The molecule has 0 fully saturated rings. The standard InChI is InChI=1S/C27H33F3N4O2/c1-17-5-7-19(8-6-17)21-15-20(33-25(35)23(21)24(31)34-32)10-13-26(3)12-9-18(2)22(16-26)36-14-4-11-27(28,29)30/h5-9,16,20,31-32H,4,10-15H2,1-3H3,(H,33,35). The number of amidine groups is 1. The molecule has 36 heavy (non-hydrogen) atoms. The normalized spacial score (nSPS) is 22.5. The highest BCUT2D eigenvalue weighted by atomic mass is 19.4. The molecule has 3 rings (SSSR count). The molecule has 9 heteroatoms. The summed E-state index contributed by atoms with van der Waals surface area (Å²) in [6, 6.07) is 7.56. The Kier molecular flexibility index (Phi) is 8.53. The Bertz CT molecular complexity index is 1100. The van der Waals surface area contributed by atoms with Gasteiger partial charge in [-0.25, -0.2) is 5.53 Å². The number of hydrogen-bond acceptors (Lipinski definition) is 4. The summed E-state index contributed by atoms with van der Waals surface area (Å²) in [6.07, 6.45) is 1.58. The lowest BCUT2D eigenvalue weighted by Gasteiger charge is -2.33. The van der Waals surface area contributed by atoms with Gasteiger partial charge in [0.05, 0.1) is 12.2 Å². The molecule has 0 aromatic heterocycles. The van der Waals surface area contributed by atoms with Gasteiger partial charge in [-0.3, -0.25) is 10.2 Å². The zero-order chi connectivity index (χ0) is 26.5. The van der Waals surface area contributed by atoms with Crippen molar-refractivity contribution in [3.05, 3.63) is 64.4 Å². The van der Waals surface area contributed by atoms with Crippen LogP contribution < -0.4 is 5.32 Å². The topological polar surface area (TPSA) is 98.4 Å². The lowest BCUT2D eigenvalue weighted by molar-refractivity contribution is -0.137. The molecule has 0 spiro atoms. The Hall–Kier alpha value is -3.23. The lowest BCUT2D eigenvalue weighted by Crippen LogP contribution is -2.42. The Morgan fingerprint density at radius 3 is 2.58 bits per heavy atom. The maximum atomic E-state index is 12.9. The number of halogens is 3. The van der Waals surface area contributed by atoms with E-state index in [9.17, 15) is 18.0 Å². The third kappa shape index (κ3) is 7.15. The number of nitrogens with one attached hydrogen (secondary N) is 3. The molecule has 1 aromatic rings. The van der Waals surface area contributed by atoms with Crippen molar-refractivity contribution in [3.8, 4) is 0 Å². The molecule has 1 aliphatic heterocycles. The summed E-state index contributed by atoms with van der Waals surface area (Å²) >= 11 is 0. The minimum absolute atomic E-state index is 0.00573. The van der Waals surface area contributed by atoms with Crippen LogP contribution in [0.4, 0.5) is 13.2 Å². The summed E-state index contributed by atoms with van der Waals surface area (Å²) in [5, 5.41) is 14.2. The Morgan fingerprint density at radius 1 is 1.25 bits per heavy atom. The van der Waals surface area contributed by atoms with Crippen molar-refractivity contribution in [3.63, 3.8) is 0 Å². The zero-order valence-corrected chi connectivity index (χ0v) is 20.9. The molecule has 0 saturated carbocycles. The molecule has 2 unspecified atom stereocenters. The molecule has 0 saturated heterocycles. The third-order valence-electron chi connectivity index (χ3n) is 6.73. The molecule has 3 N–H and O–H groups in total. The van der Waals surface area contributed by atoms with Gasteiger partial charge in [0, 0.05) is 12.5 Å². The van der Waals surface area contributed by atoms with E-state index >= 15 is 0 Å². The first-order chi connectivity index (χ1) is 16.9. The van der Waals surface area contributed by atoms with Gasteiger partial charge in [-0.2, -0.15) is 13.2 Å². The lowest BCUT2D eigenvalue weighted by atomic mass is 9.76. The zero-order valence-electron chi connectivity index (χ0n) is 20.9. The van der Waals surface area contributed by atoms with Crippen molar-refractivity contribution < 1.29 is 22.7 Å². The van der Waals surface area contributed by atoms with Gasteiger partial charge in [0.25, 0.3) is 5.91 Å². The van der Waals surface area contributed by atoms with Crippen LogP contribution in [-0.4, -0.2) is 30.6 Å². The molecule has 2 atom stereocenters. The minimum atomic E-state index is -4.19. The number of carbonyl (C=O) groups excluding carboxylic acids is 1. The number of ether oxygens (including phenoxy) is 1. The number of nitrogens with zero attached hydrogens (tertiary/aromatic N) is 1. The van der Waals surface area contributed by atoms with Crippen LogP contribution in [0.3, 0.4) is 0 Å². The Morgan fingerprint density at radius 2 is 1.94 bits per heavy atom. The SMILES string of the molecule is CC1=CCC(C)(CCC2CC(c3ccc(C)cc3)=C(C(=N)N=N)C(=O)N2)C=C1OCCCC(F)(F)F.